The number of hydrogen-bond acceptors (Lipinski definition) is 3. The van der Waals surface area contributed by atoms with Crippen LogP contribution in [0.2, 0.25) is 0 Å². The second-order valence-electron chi connectivity index (χ2n) is 9.97. The maximum atomic E-state index is 13.1. The monoisotopic (exact) mass is 435 g/mol. The van der Waals surface area contributed by atoms with Crippen molar-refractivity contribution in [1.29, 1.82) is 0 Å². The molecule has 0 aromatic rings. The van der Waals surface area contributed by atoms with Crippen LogP contribution >= 0.6 is 0 Å². The van der Waals surface area contributed by atoms with Gasteiger partial charge in [-0.3, -0.25) is 9.59 Å². The molecule has 9 atom stereocenters. The number of carbonyl (C=O) groups is 2. The number of piperidine rings is 1. The molecule has 9 heteroatoms. The summed E-state index contributed by atoms with van der Waals surface area (Å²) in [4.78, 5) is 24.1. The molecule has 4 unspecified atom stereocenters. The summed E-state index contributed by atoms with van der Waals surface area (Å²) >= 11 is -3.22. The Morgan fingerprint density at radius 3 is 2.41 bits per heavy atom. The van der Waals surface area contributed by atoms with Gasteiger partial charge >= 0.3 is 11.5 Å². The Kier molecular flexibility index (Phi) is 4.97. The minimum Gasteiger partial charge on any atom is -0.609 e. The molecule has 3 saturated carbocycles. The van der Waals surface area contributed by atoms with E-state index in [0.29, 0.717) is 12.8 Å². The molecule has 1 aliphatic heterocycles. The van der Waals surface area contributed by atoms with Gasteiger partial charge in [-0.2, -0.15) is 0 Å². The van der Waals surface area contributed by atoms with E-state index in [9.17, 15) is 32.4 Å². The number of halogens is 3. The highest BCUT2D eigenvalue weighted by Gasteiger charge is 2.65. The van der Waals surface area contributed by atoms with E-state index in [2.05, 4.69) is 12.2 Å². The first kappa shape index (κ1) is 21.3. The second kappa shape index (κ2) is 6.77. The van der Waals surface area contributed by atoms with Crippen molar-refractivity contribution in [2.24, 2.45) is 34.5 Å². The number of nitrogens with one attached hydrogen (secondary N) is 1. The van der Waals surface area contributed by atoms with E-state index < -0.39 is 39.2 Å². The van der Waals surface area contributed by atoms with Crippen LogP contribution in [0.1, 0.15) is 58.8 Å². The number of fused-ring (bicyclic) bond motifs is 5. The Balaban J connectivity index is 1.62. The Labute approximate surface area is 171 Å². The van der Waals surface area contributed by atoms with E-state index in [1.807, 2.05) is 6.92 Å². The number of hydrogen-bond donors (Lipinski definition) is 2. The number of carboxylic acids is 1. The van der Waals surface area contributed by atoms with Crippen LogP contribution < -0.4 is 5.32 Å². The first-order chi connectivity index (χ1) is 13.4. The summed E-state index contributed by atoms with van der Waals surface area (Å²) in [5.74, 6) is -1.28. The fourth-order valence-electron chi connectivity index (χ4n) is 7.48. The first-order valence-electron chi connectivity index (χ1n) is 10.4. The lowest BCUT2D eigenvalue weighted by atomic mass is 9.47. The van der Waals surface area contributed by atoms with Gasteiger partial charge in [0, 0.05) is 12.5 Å². The fourth-order valence-corrected chi connectivity index (χ4v) is 8.58. The molecule has 5 nitrogen and oxygen atoms in total. The minimum absolute atomic E-state index is 0.0252. The Bertz CT molecular complexity index is 718. The zero-order chi connectivity index (χ0) is 21.4. The van der Waals surface area contributed by atoms with Crippen LogP contribution in [-0.4, -0.2) is 38.3 Å². The van der Waals surface area contributed by atoms with Gasteiger partial charge in [-0.05, 0) is 67.1 Å². The smallest absolute Gasteiger partial charge is 0.573 e. The number of aliphatic carboxylic acids is 1. The molecule has 1 saturated heterocycles. The normalized spacial score (nSPS) is 48.1. The van der Waals surface area contributed by atoms with E-state index in [1.165, 1.54) is 0 Å². The van der Waals surface area contributed by atoms with Crippen LogP contribution in [0.5, 0.6) is 0 Å². The van der Waals surface area contributed by atoms with Gasteiger partial charge in [0.2, 0.25) is 5.25 Å². The number of rotatable bonds is 2. The summed E-state index contributed by atoms with van der Waals surface area (Å²) in [6.45, 7) is 4.01. The molecule has 4 fully saturated rings. The maximum Gasteiger partial charge on any atom is 0.573 e. The van der Waals surface area contributed by atoms with Crippen molar-refractivity contribution in [3.8, 4) is 0 Å². The van der Waals surface area contributed by atoms with E-state index in [0.717, 1.165) is 25.7 Å². The summed E-state index contributed by atoms with van der Waals surface area (Å²) in [5.41, 5.74) is -5.74. The van der Waals surface area contributed by atoms with Gasteiger partial charge < -0.3 is 15.0 Å². The molecule has 3 aliphatic carbocycles. The van der Waals surface area contributed by atoms with E-state index in [-0.39, 0.29) is 41.5 Å². The van der Waals surface area contributed by atoms with Crippen LogP contribution in [0, 0.1) is 34.5 Å². The van der Waals surface area contributed by atoms with Gasteiger partial charge in [0.15, 0.2) is 0 Å². The number of alkyl halides is 3. The predicted octanol–water partition coefficient (Wildman–Crippen LogP) is 3.46. The SMILES string of the molecule is C[C@]12CC([S+]([O-])C(F)(F)F)C(=O)NC1CC[C@@H]1[C@H]2CC[C@]2(C)C(C(=O)O)CC[C@@H]12. The van der Waals surface area contributed by atoms with Crippen LogP contribution in [0.25, 0.3) is 0 Å². The van der Waals surface area contributed by atoms with Gasteiger partial charge in [-0.15, -0.1) is 13.2 Å². The topological polar surface area (TPSA) is 89.5 Å². The quantitative estimate of drug-likeness (QED) is 0.650. The largest absolute Gasteiger partial charge is 0.609 e. The molecule has 4 aliphatic rings. The summed E-state index contributed by atoms with van der Waals surface area (Å²) in [6, 6.07) is -0.209. The predicted molar refractivity (Wildman–Crippen MR) is 100 cm³/mol. The highest BCUT2D eigenvalue weighted by molar-refractivity contribution is 7.93. The second-order valence-corrected chi connectivity index (χ2v) is 11.6. The molecular formula is C20H28F3NO4S. The van der Waals surface area contributed by atoms with Crippen molar-refractivity contribution in [2.45, 2.75) is 75.6 Å². The third kappa shape index (κ3) is 3.09. The molecule has 2 N–H and O–H groups in total. The van der Waals surface area contributed by atoms with Crippen LogP contribution in [0.15, 0.2) is 0 Å². The molecular weight excluding hydrogens is 407 g/mol. The van der Waals surface area contributed by atoms with E-state index in [1.54, 1.807) is 0 Å². The van der Waals surface area contributed by atoms with Crippen molar-refractivity contribution in [2.75, 3.05) is 0 Å². The first-order valence-corrected chi connectivity index (χ1v) is 11.6. The fraction of sp³-hybridized carbons (Fsp3) is 0.900. The standard InChI is InChI=1S/C20H28F3NO4S/c1-18-8-7-12-10(11(18)4-5-13(18)17(26)27)3-6-15-19(12,2)9-14(16(25)24-15)29(28)20(21,22)23/h10-15H,3-9H2,1-2H3,(H,24,25)(H,26,27)/t10-,11-,12+,13?,14?,15?,18-,19+,29?/m0/s1. The van der Waals surface area contributed by atoms with Crippen molar-refractivity contribution in [3.05, 3.63) is 0 Å². The Hall–Kier alpha value is -0.960. The van der Waals surface area contributed by atoms with Crippen LogP contribution in [-0.2, 0) is 20.8 Å². The number of amides is 1. The zero-order valence-electron chi connectivity index (χ0n) is 16.6. The minimum atomic E-state index is -4.91. The third-order valence-corrected chi connectivity index (χ3v) is 10.2. The van der Waals surface area contributed by atoms with Gasteiger partial charge in [0.1, 0.15) is 0 Å². The molecule has 29 heavy (non-hydrogen) atoms. The van der Waals surface area contributed by atoms with Gasteiger partial charge in [0.25, 0.3) is 5.91 Å². The summed E-state index contributed by atoms with van der Waals surface area (Å²) in [6.07, 6.45) is 4.47. The lowest BCUT2D eigenvalue weighted by Crippen LogP contribution is -2.66. The molecule has 1 amide bonds. The zero-order valence-corrected chi connectivity index (χ0v) is 17.4. The highest BCUT2D eigenvalue weighted by atomic mass is 32.2. The molecule has 0 aromatic carbocycles. The number of carbonyl (C=O) groups excluding carboxylic acids is 1. The van der Waals surface area contributed by atoms with Crippen molar-refractivity contribution < 1.29 is 32.4 Å². The highest BCUT2D eigenvalue weighted by Crippen LogP contribution is 2.65. The average Bonchev–Trinajstić information content (AvgIpc) is 2.98. The maximum absolute atomic E-state index is 13.1. The molecule has 0 bridgehead atoms. The summed E-state index contributed by atoms with van der Waals surface area (Å²) < 4.78 is 51.3. The van der Waals surface area contributed by atoms with Gasteiger partial charge in [-0.1, -0.05) is 13.8 Å². The van der Waals surface area contributed by atoms with Crippen molar-refractivity contribution in [3.63, 3.8) is 0 Å². The van der Waals surface area contributed by atoms with E-state index >= 15 is 0 Å². The molecule has 164 valence electrons. The summed E-state index contributed by atoms with van der Waals surface area (Å²) in [5, 5.41) is 10.9. The van der Waals surface area contributed by atoms with Gasteiger partial charge in [-0.25, -0.2) is 0 Å². The molecule has 0 radical (unpaired) electrons. The molecule has 4 rings (SSSR count). The van der Waals surface area contributed by atoms with Crippen molar-refractivity contribution >= 4 is 23.1 Å². The van der Waals surface area contributed by atoms with Gasteiger partial charge in [0.05, 0.1) is 17.1 Å². The van der Waals surface area contributed by atoms with E-state index in [4.69, 9.17) is 0 Å². The van der Waals surface area contributed by atoms with Crippen LogP contribution in [0.3, 0.4) is 0 Å². The summed E-state index contributed by atoms with van der Waals surface area (Å²) in [7, 11) is 0. The lowest BCUT2D eigenvalue weighted by molar-refractivity contribution is -0.152. The van der Waals surface area contributed by atoms with Crippen molar-refractivity contribution in [1.82, 2.24) is 5.32 Å². The molecule has 1 heterocycles. The molecule has 0 spiro atoms. The Morgan fingerprint density at radius 2 is 1.79 bits per heavy atom. The van der Waals surface area contributed by atoms with Crippen LogP contribution in [0.4, 0.5) is 13.2 Å². The number of carboxylic acid groups (broad SMARTS) is 1. The Morgan fingerprint density at radius 1 is 1.14 bits per heavy atom. The third-order valence-electron chi connectivity index (χ3n) is 8.89. The average molecular weight is 436 g/mol. The lowest BCUT2D eigenvalue weighted by Gasteiger charge is -2.60. The molecule has 0 aromatic heterocycles.